The normalized spacial score (nSPS) is 11.0. The molecular weight excluding hydrogens is 404 g/mol. The molecule has 0 saturated heterocycles. The van der Waals surface area contributed by atoms with Gasteiger partial charge in [-0.25, -0.2) is 4.79 Å². The second-order valence-corrected chi connectivity index (χ2v) is 6.88. The number of hydrogen-bond donors (Lipinski definition) is 1. The van der Waals surface area contributed by atoms with Crippen LogP contribution in [-0.2, 0) is 20.9 Å². The zero-order chi connectivity index (χ0) is 22.9. The van der Waals surface area contributed by atoms with Gasteiger partial charge in [0.15, 0.2) is 0 Å². The molecule has 160 valence electrons. The van der Waals surface area contributed by atoms with Crippen molar-refractivity contribution in [1.29, 1.82) is 0 Å². The topological polar surface area (TPSA) is 75.7 Å². The molecule has 2 amide bonds. The Kier molecular flexibility index (Phi) is 7.39. The number of rotatable bonds is 7. The number of carbonyl (C=O) groups excluding carboxylic acids is 3. The minimum absolute atomic E-state index is 0.233. The Morgan fingerprint density at radius 1 is 0.969 bits per heavy atom. The van der Waals surface area contributed by atoms with Crippen molar-refractivity contribution in [3.05, 3.63) is 102 Å². The van der Waals surface area contributed by atoms with E-state index < -0.39 is 23.8 Å². The van der Waals surface area contributed by atoms with E-state index >= 15 is 0 Å². The molecule has 0 radical (unpaired) electrons. The van der Waals surface area contributed by atoms with Crippen molar-refractivity contribution in [3.8, 4) is 12.3 Å². The molecule has 0 heterocycles. The van der Waals surface area contributed by atoms with Crippen LogP contribution in [0.3, 0.4) is 0 Å². The van der Waals surface area contributed by atoms with Gasteiger partial charge in [0.2, 0.25) is 5.91 Å². The molecule has 0 saturated carbocycles. The predicted octanol–water partition coefficient (Wildman–Crippen LogP) is 3.50. The van der Waals surface area contributed by atoms with Crippen molar-refractivity contribution in [1.82, 2.24) is 5.32 Å². The number of terminal acetylenes is 1. The van der Waals surface area contributed by atoms with Gasteiger partial charge in [-0.15, -0.1) is 6.42 Å². The van der Waals surface area contributed by atoms with Crippen molar-refractivity contribution in [2.24, 2.45) is 0 Å². The summed E-state index contributed by atoms with van der Waals surface area (Å²) in [5, 5.41) is 2.88. The van der Waals surface area contributed by atoms with Gasteiger partial charge in [-0.3, -0.25) is 14.5 Å². The standard InChI is InChI=1S/C26H22N2O4/c1-3-23(29)28(22-16-10-15-21(17-22)26(31)32-2)24(20-13-8-5-9-14-20)25(30)27-18-19-11-6-4-7-12-19/h1,4-17,24H,18H2,2H3,(H,27,30). The van der Waals surface area contributed by atoms with Gasteiger partial charge in [-0.1, -0.05) is 66.7 Å². The first-order valence-electron chi connectivity index (χ1n) is 9.90. The van der Waals surface area contributed by atoms with Gasteiger partial charge in [0, 0.05) is 12.2 Å². The highest BCUT2D eigenvalue weighted by Crippen LogP contribution is 2.29. The van der Waals surface area contributed by atoms with Crippen molar-refractivity contribution < 1.29 is 19.1 Å². The molecule has 6 heteroatoms. The maximum Gasteiger partial charge on any atom is 0.337 e. The number of amides is 2. The SMILES string of the molecule is C#CC(=O)N(c1cccc(C(=O)OC)c1)C(C(=O)NCc1ccccc1)c1ccccc1. The van der Waals surface area contributed by atoms with Crippen LogP contribution in [0.2, 0.25) is 0 Å². The first-order valence-corrected chi connectivity index (χ1v) is 9.90. The molecule has 0 spiro atoms. The molecule has 3 rings (SSSR count). The summed E-state index contributed by atoms with van der Waals surface area (Å²) in [6.45, 7) is 0.281. The first-order chi connectivity index (χ1) is 15.5. The van der Waals surface area contributed by atoms with E-state index in [4.69, 9.17) is 11.2 Å². The quantitative estimate of drug-likeness (QED) is 0.464. The summed E-state index contributed by atoms with van der Waals surface area (Å²) in [4.78, 5) is 39.4. The maximum absolute atomic E-state index is 13.4. The summed E-state index contributed by atoms with van der Waals surface area (Å²) in [7, 11) is 1.27. The number of methoxy groups -OCH3 is 1. The summed E-state index contributed by atoms with van der Waals surface area (Å²) in [6, 6.07) is 23.5. The van der Waals surface area contributed by atoms with Gasteiger partial charge in [-0.2, -0.15) is 0 Å². The van der Waals surface area contributed by atoms with E-state index in [1.165, 1.54) is 18.1 Å². The summed E-state index contributed by atoms with van der Waals surface area (Å²) in [6.07, 6.45) is 5.45. The third kappa shape index (κ3) is 5.21. The molecule has 0 bridgehead atoms. The fraction of sp³-hybridized carbons (Fsp3) is 0.115. The zero-order valence-corrected chi connectivity index (χ0v) is 17.5. The number of hydrogen-bond acceptors (Lipinski definition) is 4. The lowest BCUT2D eigenvalue weighted by molar-refractivity contribution is -0.125. The second-order valence-electron chi connectivity index (χ2n) is 6.88. The van der Waals surface area contributed by atoms with E-state index in [1.807, 2.05) is 36.4 Å². The number of nitrogens with zero attached hydrogens (tertiary/aromatic N) is 1. The molecule has 0 aliphatic heterocycles. The van der Waals surface area contributed by atoms with E-state index in [0.717, 1.165) is 5.56 Å². The van der Waals surface area contributed by atoms with Crippen LogP contribution in [0.5, 0.6) is 0 Å². The van der Waals surface area contributed by atoms with E-state index in [0.29, 0.717) is 11.3 Å². The third-order valence-electron chi connectivity index (χ3n) is 4.82. The van der Waals surface area contributed by atoms with Crippen LogP contribution < -0.4 is 10.2 Å². The van der Waals surface area contributed by atoms with E-state index in [9.17, 15) is 14.4 Å². The minimum Gasteiger partial charge on any atom is -0.465 e. The van der Waals surface area contributed by atoms with Gasteiger partial charge in [0.05, 0.1) is 12.7 Å². The molecule has 0 aliphatic rings. The Balaban J connectivity index is 2.03. The Hall–Kier alpha value is -4.37. The van der Waals surface area contributed by atoms with Crippen molar-refractivity contribution in [2.45, 2.75) is 12.6 Å². The van der Waals surface area contributed by atoms with E-state index in [-0.39, 0.29) is 12.1 Å². The Bertz CT molecular complexity index is 1140. The van der Waals surface area contributed by atoms with Crippen LogP contribution in [0.4, 0.5) is 5.69 Å². The number of benzene rings is 3. The van der Waals surface area contributed by atoms with Crippen molar-refractivity contribution in [3.63, 3.8) is 0 Å². The van der Waals surface area contributed by atoms with Gasteiger partial charge >= 0.3 is 11.9 Å². The number of nitrogens with one attached hydrogen (secondary N) is 1. The summed E-state index contributed by atoms with van der Waals surface area (Å²) in [5.41, 5.74) is 2.02. The lowest BCUT2D eigenvalue weighted by atomic mass is 10.0. The van der Waals surface area contributed by atoms with Crippen LogP contribution >= 0.6 is 0 Å². The van der Waals surface area contributed by atoms with Gasteiger partial charge in [0.25, 0.3) is 0 Å². The maximum atomic E-state index is 13.4. The second kappa shape index (κ2) is 10.6. The lowest BCUT2D eigenvalue weighted by Gasteiger charge is -2.30. The van der Waals surface area contributed by atoms with Gasteiger partial charge < -0.3 is 10.1 Å². The number of esters is 1. The highest BCUT2D eigenvalue weighted by molar-refractivity contribution is 6.10. The smallest absolute Gasteiger partial charge is 0.337 e. The average molecular weight is 426 g/mol. The molecule has 0 aromatic heterocycles. The molecule has 1 unspecified atom stereocenters. The molecule has 32 heavy (non-hydrogen) atoms. The first kappa shape index (κ1) is 22.3. The Morgan fingerprint density at radius 3 is 2.25 bits per heavy atom. The van der Waals surface area contributed by atoms with Crippen molar-refractivity contribution >= 4 is 23.5 Å². The molecule has 0 aliphatic carbocycles. The van der Waals surface area contributed by atoms with Gasteiger partial charge in [-0.05, 0) is 35.2 Å². The molecule has 3 aromatic carbocycles. The van der Waals surface area contributed by atoms with Crippen LogP contribution in [0.25, 0.3) is 0 Å². The lowest BCUT2D eigenvalue weighted by Crippen LogP contribution is -2.43. The summed E-state index contributed by atoms with van der Waals surface area (Å²) in [5.74, 6) is 0.409. The number of anilines is 1. The zero-order valence-electron chi connectivity index (χ0n) is 17.5. The molecule has 1 N–H and O–H groups in total. The number of carbonyl (C=O) groups is 3. The predicted molar refractivity (Wildman–Crippen MR) is 122 cm³/mol. The molecule has 6 nitrogen and oxygen atoms in total. The molecule has 3 aromatic rings. The Morgan fingerprint density at radius 2 is 1.62 bits per heavy atom. The highest BCUT2D eigenvalue weighted by Gasteiger charge is 2.32. The summed E-state index contributed by atoms with van der Waals surface area (Å²) >= 11 is 0. The van der Waals surface area contributed by atoms with Crippen LogP contribution in [0.15, 0.2) is 84.9 Å². The summed E-state index contributed by atoms with van der Waals surface area (Å²) < 4.78 is 4.78. The molecule has 1 atom stereocenters. The van der Waals surface area contributed by atoms with Crippen LogP contribution in [-0.4, -0.2) is 24.9 Å². The fourth-order valence-electron chi connectivity index (χ4n) is 3.29. The average Bonchev–Trinajstić information content (AvgIpc) is 2.86. The van der Waals surface area contributed by atoms with E-state index in [2.05, 4.69) is 11.2 Å². The van der Waals surface area contributed by atoms with Gasteiger partial charge in [0.1, 0.15) is 6.04 Å². The largest absolute Gasteiger partial charge is 0.465 e. The van der Waals surface area contributed by atoms with Crippen LogP contribution in [0.1, 0.15) is 27.5 Å². The monoisotopic (exact) mass is 426 g/mol. The van der Waals surface area contributed by atoms with E-state index in [1.54, 1.807) is 42.5 Å². The molecular formula is C26H22N2O4. The molecule has 0 fully saturated rings. The van der Waals surface area contributed by atoms with Crippen molar-refractivity contribution in [2.75, 3.05) is 12.0 Å². The fourth-order valence-corrected chi connectivity index (χ4v) is 3.29. The number of ether oxygens (including phenoxy) is 1. The van der Waals surface area contributed by atoms with Crippen LogP contribution in [0, 0.1) is 12.3 Å². The Labute approximate surface area is 186 Å². The minimum atomic E-state index is -1.05. The highest BCUT2D eigenvalue weighted by atomic mass is 16.5. The third-order valence-corrected chi connectivity index (χ3v) is 4.82.